The van der Waals surface area contributed by atoms with Crippen LogP contribution in [0.4, 0.5) is 0 Å². The van der Waals surface area contributed by atoms with Crippen molar-refractivity contribution in [1.82, 2.24) is 5.32 Å². The van der Waals surface area contributed by atoms with Gasteiger partial charge in [-0.3, -0.25) is 0 Å². The van der Waals surface area contributed by atoms with Crippen LogP contribution < -0.4 is 10.1 Å². The minimum absolute atomic E-state index is 0.108. The van der Waals surface area contributed by atoms with Gasteiger partial charge in [0.2, 0.25) is 0 Å². The normalized spacial score (nSPS) is 15.6. The highest BCUT2D eigenvalue weighted by Gasteiger charge is 2.24. The fourth-order valence-electron chi connectivity index (χ4n) is 2.16. The Labute approximate surface area is 124 Å². The van der Waals surface area contributed by atoms with Gasteiger partial charge in [-0.25, -0.2) is 0 Å². The maximum absolute atomic E-state index is 10.5. The first-order valence-electron chi connectivity index (χ1n) is 6.66. The molecule has 0 amide bonds. The summed E-state index contributed by atoms with van der Waals surface area (Å²) in [5, 5.41) is 17.8. The van der Waals surface area contributed by atoms with E-state index in [4.69, 9.17) is 4.74 Å². The number of rotatable bonds is 6. The molecule has 1 aromatic carbocycles. The molecule has 0 saturated heterocycles. The lowest BCUT2D eigenvalue weighted by atomic mass is 9.98. The Balaban J connectivity index is 2.03. The standard InChI is InChI=1S/C16H21NO2S/c1-12(14-6-4-5-7-15(14)19-3)17-11-16(2,18)13-8-9-20-10-13/h4-10,12,17-18H,11H2,1-3H3. The Morgan fingerprint density at radius 1 is 1.35 bits per heavy atom. The number of benzene rings is 1. The van der Waals surface area contributed by atoms with E-state index < -0.39 is 5.60 Å². The van der Waals surface area contributed by atoms with E-state index in [0.717, 1.165) is 16.9 Å². The highest BCUT2D eigenvalue weighted by molar-refractivity contribution is 7.08. The molecule has 0 aliphatic heterocycles. The Morgan fingerprint density at radius 3 is 2.75 bits per heavy atom. The molecule has 1 aromatic heterocycles. The van der Waals surface area contributed by atoms with Gasteiger partial charge in [0.05, 0.1) is 7.11 Å². The third kappa shape index (κ3) is 3.39. The van der Waals surface area contributed by atoms with Crippen molar-refractivity contribution in [1.29, 1.82) is 0 Å². The van der Waals surface area contributed by atoms with E-state index in [1.807, 2.05) is 48.0 Å². The van der Waals surface area contributed by atoms with Crippen molar-refractivity contribution in [3.05, 3.63) is 52.2 Å². The molecule has 20 heavy (non-hydrogen) atoms. The second kappa shape index (κ2) is 6.39. The van der Waals surface area contributed by atoms with Gasteiger partial charge < -0.3 is 15.2 Å². The van der Waals surface area contributed by atoms with Crippen LogP contribution in [0.25, 0.3) is 0 Å². The third-order valence-electron chi connectivity index (χ3n) is 3.50. The zero-order valence-electron chi connectivity index (χ0n) is 12.1. The molecule has 0 aliphatic carbocycles. The maximum Gasteiger partial charge on any atom is 0.123 e. The van der Waals surface area contributed by atoms with E-state index in [9.17, 15) is 5.11 Å². The number of thiophene rings is 1. The lowest BCUT2D eigenvalue weighted by Gasteiger charge is -2.26. The van der Waals surface area contributed by atoms with Crippen LogP contribution in [-0.4, -0.2) is 18.8 Å². The van der Waals surface area contributed by atoms with Crippen molar-refractivity contribution in [2.45, 2.75) is 25.5 Å². The first kappa shape index (κ1) is 15.0. The van der Waals surface area contributed by atoms with Crippen molar-refractivity contribution in [3.8, 4) is 5.75 Å². The summed E-state index contributed by atoms with van der Waals surface area (Å²) in [6.45, 7) is 4.39. The van der Waals surface area contributed by atoms with Crippen LogP contribution in [0.15, 0.2) is 41.1 Å². The summed E-state index contributed by atoms with van der Waals surface area (Å²) in [6.07, 6.45) is 0. The average molecular weight is 291 g/mol. The minimum Gasteiger partial charge on any atom is -0.496 e. The molecule has 1 heterocycles. The molecule has 2 aromatic rings. The maximum atomic E-state index is 10.5. The molecule has 0 radical (unpaired) electrons. The SMILES string of the molecule is COc1ccccc1C(C)NCC(C)(O)c1ccsc1. The highest BCUT2D eigenvalue weighted by atomic mass is 32.1. The quantitative estimate of drug-likeness (QED) is 0.858. The number of methoxy groups -OCH3 is 1. The van der Waals surface area contributed by atoms with Crippen molar-refractivity contribution in [2.75, 3.05) is 13.7 Å². The number of hydrogen-bond acceptors (Lipinski definition) is 4. The first-order valence-corrected chi connectivity index (χ1v) is 7.60. The smallest absolute Gasteiger partial charge is 0.123 e. The van der Waals surface area contributed by atoms with Crippen LogP contribution in [0.2, 0.25) is 0 Å². The van der Waals surface area contributed by atoms with Crippen LogP contribution in [0, 0.1) is 0 Å². The molecule has 3 nitrogen and oxygen atoms in total. The molecule has 2 unspecified atom stereocenters. The summed E-state index contributed by atoms with van der Waals surface area (Å²) in [4.78, 5) is 0. The molecule has 0 saturated carbocycles. The van der Waals surface area contributed by atoms with Gasteiger partial charge in [-0.15, -0.1) is 0 Å². The van der Waals surface area contributed by atoms with Gasteiger partial charge in [-0.05, 0) is 42.3 Å². The van der Waals surface area contributed by atoms with Crippen LogP contribution >= 0.6 is 11.3 Å². The summed E-state index contributed by atoms with van der Waals surface area (Å²) >= 11 is 1.60. The van der Waals surface area contributed by atoms with Gasteiger partial charge in [0.15, 0.2) is 0 Å². The van der Waals surface area contributed by atoms with E-state index in [0.29, 0.717) is 6.54 Å². The largest absolute Gasteiger partial charge is 0.496 e. The Bertz CT molecular complexity index is 537. The van der Waals surface area contributed by atoms with Crippen LogP contribution in [-0.2, 0) is 5.60 Å². The lowest BCUT2D eigenvalue weighted by Crippen LogP contribution is -2.36. The summed E-state index contributed by atoms with van der Waals surface area (Å²) < 4.78 is 5.37. The molecule has 2 rings (SSSR count). The second-order valence-electron chi connectivity index (χ2n) is 5.13. The molecule has 108 valence electrons. The monoisotopic (exact) mass is 291 g/mol. The Hall–Kier alpha value is -1.36. The topological polar surface area (TPSA) is 41.5 Å². The van der Waals surface area contributed by atoms with Crippen LogP contribution in [0.3, 0.4) is 0 Å². The molecule has 2 N–H and O–H groups in total. The highest BCUT2D eigenvalue weighted by Crippen LogP contribution is 2.26. The predicted octanol–water partition coefficient (Wildman–Crippen LogP) is 3.32. The molecule has 0 spiro atoms. The summed E-state index contributed by atoms with van der Waals surface area (Å²) in [5.41, 5.74) is 1.18. The van der Waals surface area contributed by atoms with E-state index in [1.165, 1.54) is 0 Å². The van der Waals surface area contributed by atoms with Crippen molar-refractivity contribution in [3.63, 3.8) is 0 Å². The third-order valence-corrected chi connectivity index (χ3v) is 4.18. The van der Waals surface area contributed by atoms with Crippen molar-refractivity contribution in [2.24, 2.45) is 0 Å². The van der Waals surface area contributed by atoms with E-state index in [2.05, 4.69) is 12.2 Å². The van der Waals surface area contributed by atoms with Crippen molar-refractivity contribution < 1.29 is 9.84 Å². The second-order valence-corrected chi connectivity index (χ2v) is 5.91. The van der Waals surface area contributed by atoms with Gasteiger partial charge in [0, 0.05) is 18.2 Å². The molecular weight excluding hydrogens is 270 g/mol. The molecular formula is C16H21NO2S. The average Bonchev–Trinajstić information content (AvgIpc) is 3.00. The van der Waals surface area contributed by atoms with Gasteiger partial charge in [0.1, 0.15) is 11.4 Å². The van der Waals surface area contributed by atoms with Gasteiger partial charge in [-0.2, -0.15) is 11.3 Å². The first-order chi connectivity index (χ1) is 9.54. The van der Waals surface area contributed by atoms with Gasteiger partial charge in [-0.1, -0.05) is 18.2 Å². The van der Waals surface area contributed by atoms with Gasteiger partial charge in [0.25, 0.3) is 0 Å². The molecule has 0 bridgehead atoms. The molecule has 2 atom stereocenters. The molecule has 0 aliphatic rings. The summed E-state index contributed by atoms with van der Waals surface area (Å²) in [6, 6.07) is 10.0. The minimum atomic E-state index is -0.865. The lowest BCUT2D eigenvalue weighted by molar-refractivity contribution is 0.0547. The number of nitrogens with one attached hydrogen (secondary N) is 1. The summed E-state index contributed by atoms with van der Waals surface area (Å²) in [5.74, 6) is 0.864. The molecule has 0 fully saturated rings. The van der Waals surface area contributed by atoms with E-state index in [-0.39, 0.29) is 6.04 Å². The van der Waals surface area contributed by atoms with E-state index in [1.54, 1.807) is 18.4 Å². The number of aliphatic hydroxyl groups is 1. The fourth-order valence-corrected chi connectivity index (χ4v) is 2.94. The van der Waals surface area contributed by atoms with Crippen molar-refractivity contribution >= 4 is 11.3 Å². The fraction of sp³-hybridized carbons (Fsp3) is 0.375. The van der Waals surface area contributed by atoms with Gasteiger partial charge >= 0.3 is 0 Å². The number of ether oxygens (including phenoxy) is 1. The van der Waals surface area contributed by atoms with E-state index >= 15 is 0 Å². The number of para-hydroxylation sites is 1. The summed E-state index contributed by atoms with van der Waals surface area (Å²) in [7, 11) is 1.67. The zero-order chi connectivity index (χ0) is 14.6. The molecule has 4 heteroatoms. The Kier molecular flexibility index (Phi) is 4.81. The number of hydrogen-bond donors (Lipinski definition) is 2. The van der Waals surface area contributed by atoms with Crippen LogP contribution in [0.5, 0.6) is 5.75 Å². The predicted molar refractivity (Wildman–Crippen MR) is 83.3 cm³/mol. The zero-order valence-corrected chi connectivity index (χ0v) is 12.9. The Morgan fingerprint density at radius 2 is 2.10 bits per heavy atom. The van der Waals surface area contributed by atoms with Crippen LogP contribution in [0.1, 0.15) is 31.0 Å².